The second-order valence-electron chi connectivity index (χ2n) is 4.35. The van der Waals surface area contributed by atoms with E-state index in [1.807, 2.05) is 12.1 Å². The molecule has 0 heterocycles. The van der Waals surface area contributed by atoms with E-state index in [4.69, 9.17) is 20.5 Å². The number of benzene rings is 2. The number of nitriles is 1. The van der Waals surface area contributed by atoms with Crippen molar-refractivity contribution in [3.63, 3.8) is 0 Å². The molecule has 2 aromatic carbocycles. The van der Waals surface area contributed by atoms with Crippen LogP contribution in [0.1, 0.15) is 12.0 Å². The summed E-state index contributed by atoms with van der Waals surface area (Å²) in [5.41, 5.74) is 6.21. The Morgan fingerprint density at radius 3 is 2.62 bits per heavy atom. The second-order valence-corrected chi connectivity index (χ2v) is 4.35. The molecule has 2 N–H and O–H groups in total. The molecule has 0 aliphatic rings. The summed E-state index contributed by atoms with van der Waals surface area (Å²) in [5.74, 6) is 0.367. The van der Waals surface area contributed by atoms with Crippen LogP contribution < -0.4 is 15.2 Å². The topological polar surface area (TPSA) is 68.3 Å². The molecule has 0 radical (unpaired) electrons. The summed E-state index contributed by atoms with van der Waals surface area (Å²) in [4.78, 5) is 0. The average molecular weight is 286 g/mol. The van der Waals surface area contributed by atoms with E-state index in [1.165, 1.54) is 12.1 Å². The monoisotopic (exact) mass is 286 g/mol. The molecule has 0 spiro atoms. The third-order valence-corrected chi connectivity index (χ3v) is 2.76. The lowest BCUT2D eigenvalue weighted by atomic mass is 10.2. The second kappa shape index (κ2) is 7.15. The Morgan fingerprint density at radius 1 is 1.10 bits per heavy atom. The molecule has 21 heavy (non-hydrogen) atoms. The number of ether oxygens (including phenoxy) is 2. The number of halogens is 1. The van der Waals surface area contributed by atoms with Gasteiger partial charge in [-0.15, -0.1) is 0 Å². The largest absolute Gasteiger partial charge is 0.493 e. The first-order valence-electron chi connectivity index (χ1n) is 6.50. The number of anilines is 1. The summed E-state index contributed by atoms with van der Waals surface area (Å²) in [6.07, 6.45) is 0.607. The van der Waals surface area contributed by atoms with Crippen LogP contribution in [-0.2, 0) is 0 Å². The summed E-state index contributed by atoms with van der Waals surface area (Å²) >= 11 is 0. The zero-order valence-corrected chi connectivity index (χ0v) is 11.4. The lowest BCUT2D eigenvalue weighted by Crippen LogP contribution is -2.06. The van der Waals surface area contributed by atoms with Crippen LogP contribution in [0.2, 0.25) is 0 Å². The Labute approximate surface area is 122 Å². The predicted octanol–water partition coefficient (Wildman–Crippen LogP) is 3.13. The van der Waals surface area contributed by atoms with Gasteiger partial charge >= 0.3 is 0 Å². The molecule has 0 aliphatic carbocycles. The van der Waals surface area contributed by atoms with Crippen LogP contribution in [0.25, 0.3) is 0 Å². The summed E-state index contributed by atoms with van der Waals surface area (Å²) in [6, 6.07) is 13.2. The van der Waals surface area contributed by atoms with Crippen molar-refractivity contribution in [2.24, 2.45) is 0 Å². The first-order chi connectivity index (χ1) is 10.2. The van der Waals surface area contributed by atoms with Crippen molar-refractivity contribution in [1.82, 2.24) is 0 Å². The molecule has 0 saturated carbocycles. The predicted molar refractivity (Wildman–Crippen MR) is 77.6 cm³/mol. The number of nitrogens with two attached hydrogens (primary N) is 1. The fourth-order valence-electron chi connectivity index (χ4n) is 1.77. The molecule has 0 bridgehead atoms. The molecular weight excluding hydrogens is 271 g/mol. The molecule has 0 fully saturated rings. The molecule has 0 atom stereocenters. The van der Waals surface area contributed by atoms with Gasteiger partial charge in [-0.1, -0.05) is 12.1 Å². The van der Waals surface area contributed by atoms with Gasteiger partial charge in [0, 0.05) is 18.2 Å². The summed E-state index contributed by atoms with van der Waals surface area (Å²) in [6.45, 7) is 0.779. The van der Waals surface area contributed by atoms with Crippen molar-refractivity contribution in [2.75, 3.05) is 18.9 Å². The van der Waals surface area contributed by atoms with Gasteiger partial charge in [0.05, 0.1) is 13.2 Å². The van der Waals surface area contributed by atoms with Crippen LogP contribution in [0.15, 0.2) is 42.5 Å². The summed E-state index contributed by atoms with van der Waals surface area (Å²) in [5, 5.41) is 8.87. The van der Waals surface area contributed by atoms with Crippen molar-refractivity contribution < 1.29 is 13.9 Å². The minimum absolute atomic E-state index is 0.0748. The lowest BCUT2D eigenvalue weighted by molar-refractivity contribution is 0.246. The average Bonchev–Trinajstić information content (AvgIpc) is 2.47. The quantitative estimate of drug-likeness (QED) is 0.654. The molecule has 0 saturated heterocycles. The highest BCUT2D eigenvalue weighted by atomic mass is 19.1. The van der Waals surface area contributed by atoms with E-state index in [-0.39, 0.29) is 11.3 Å². The number of rotatable bonds is 6. The van der Waals surface area contributed by atoms with Crippen LogP contribution in [0.5, 0.6) is 11.5 Å². The number of hydrogen-bond acceptors (Lipinski definition) is 4. The molecule has 5 heteroatoms. The van der Waals surface area contributed by atoms with Gasteiger partial charge in [-0.05, 0) is 24.3 Å². The Hall–Kier alpha value is -2.74. The fraction of sp³-hybridized carbons (Fsp3) is 0.188. The van der Waals surface area contributed by atoms with Gasteiger partial charge in [-0.2, -0.15) is 5.26 Å². The maximum absolute atomic E-state index is 13.3. The minimum Gasteiger partial charge on any atom is -0.493 e. The highest BCUT2D eigenvalue weighted by Gasteiger charge is 2.08. The molecular formula is C16H15FN2O2. The van der Waals surface area contributed by atoms with Crippen molar-refractivity contribution in [3.05, 3.63) is 53.8 Å². The fourth-order valence-corrected chi connectivity index (χ4v) is 1.77. The SMILES string of the molecule is N#Cc1c(F)cccc1OCCCOc1cccc(N)c1. The van der Waals surface area contributed by atoms with E-state index >= 15 is 0 Å². The third kappa shape index (κ3) is 4.11. The van der Waals surface area contributed by atoms with Gasteiger partial charge in [0.1, 0.15) is 28.9 Å². The molecule has 2 rings (SSSR count). The van der Waals surface area contributed by atoms with Gasteiger partial charge in [0.25, 0.3) is 0 Å². The van der Waals surface area contributed by atoms with Gasteiger partial charge in [-0.3, -0.25) is 0 Å². The maximum atomic E-state index is 13.3. The van der Waals surface area contributed by atoms with Crippen LogP contribution in [-0.4, -0.2) is 13.2 Å². The minimum atomic E-state index is -0.578. The standard InChI is InChI=1S/C16H15FN2O2/c17-15-6-2-7-16(14(15)11-18)21-9-3-8-20-13-5-1-4-12(19)10-13/h1-2,4-7,10H,3,8-9,19H2. The van der Waals surface area contributed by atoms with E-state index in [0.717, 1.165) is 0 Å². The van der Waals surface area contributed by atoms with Crippen molar-refractivity contribution in [3.8, 4) is 17.6 Å². The first kappa shape index (κ1) is 14.7. The smallest absolute Gasteiger partial charge is 0.144 e. The number of nitrogens with zero attached hydrogens (tertiary/aromatic N) is 1. The molecule has 0 aliphatic heterocycles. The van der Waals surface area contributed by atoms with Crippen LogP contribution >= 0.6 is 0 Å². The highest BCUT2D eigenvalue weighted by molar-refractivity contribution is 5.44. The summed E-state index contributed by atoms with van der Waals surface area (Å²) in [7, 11) is 0. The van der Waals surface area contributed by atoms with Gasteiger partial charge < -0.3 is 15.2 Å². The van der Waals surface area contributed by atoms with E-state index in [9.17, 15) is 4.39 Å². The molecule has 2 aromatic rings. The van der Waals surface area contributed by atoms with E-state index in [1.54, 1.807) is 24.3 Å². The Bertz CT molecular complexity index is 653. The van der Waals surface area contributed by atoms with E-state index in [2.05, 4.69) is 0 Å². The van der Waals surface area contributed by atoms with Crippen LogP contribution in [0.3, 0.4) is 0 Å². The van der Waals surface area contributed by atoms with Crippen molar-refractivity contribution in [1.29, 1.82) is 5.26 Å². The van der Waals surface area contributed by atoms with Crippen LogP contribution in [0, 0.1) is 17.1 Å². The van der Waals surface area contributed by atoms with Gasteiger partial charge in [0.15, 0.2) is 0 Å². The Kier molecular flexibility index (Phi) is 4.99. The molecule has 0 aromatic heterocycles. The number of nitrogen functional groups attached to an aromatic ring is 1. The molecule has 108 valence electrons. The van der Waals surface area contributed by atoms with Crippen molar-refractivity contribution in [2.45, 2.75) is 6.42 Å². The number of hydrogen-bond donors (Lipinski definition) is 1. The Balaban J connectivity index is 1.78. The van der Waals surface area contributed by atoms with Gasteiger partial charge in [-0.25, -0.2) is 4.39 Å². The first-order valence-corrected chi connectivity index (χ1v) is 6.50. The molecule has 0 unspecified atom stereocenters. The third-order valence-electron chi connectivity index (χ3n) is 2.76. The van der Waals surface area contributed by atoms with E-state index in [0.29, 0.717) is 31.1 Å². The summed E-state index contributed by atoms with van der Waals surface area (Å²) < 4.78 is 24.3. The Morgan fingerprint density at radius 2 is 1.86 bits per heavy atom. The van der Waals surface area contributed by atoms with Crippen LogP contribution in [0.4, 0.5) is 10.1 Å². The lowest BCUT2D eigenvalue weighted by Gasteiger charge is -2.09. The highest BCUT2D eigenvalue weighted by Crippen LogP contribution is 2.20. The normalized spacial score (nSPS) is 9.90. The maximum Gasteiger partial charge on any atom is 0.144 e. The van der Waals surface area contributed by atoms with Gasteiger partial charge in [0.2, 0.25) is 0 Å². The van der Waals surface area contributed by atoms with E-state index < -0.39 is 5.82 Å². The zero-order chi connectivity index (χ0) is 15.1. The van der Waals surface area contributed by atoms with Crippen molar-refractivity contribution >= 4 is 5.69 Å². The zero-order valence-electron chi connectivity index (χ0n) is 11.4. The molecule has 4 nitrogen and oxygen atoms in total. The molecule has 0 amide bonds.